The van der Waals surface area contributed by atoms with E-state index in [4.69, 9.17) is 17.3 Å². The van der Waals surface area contributed by atoms with Crippen molar-refractivity contribution in [3.63, 3.8) is 0 Å². The standard InChI is InChI=1S/C19H16ClN5O2S/c1-11-9-13(25-28(26,27)14-4-2-3-12(20)10-14)5-6-15(11)16-7-8-17-18(22-16)19(21)24-23-17/h2-10,25H,1H3,(H3,21,23,24). The summed E-state index contributed by atoms with van der Waals surface area (Å²) in [4.78, 5) is 4.66. The Hall–Kier alpha value is -3.10. The Morgan fingerprint density at radius 1 is 1.11 bits per heavy atom. The van der Waals surface area contributed by atoms with Gasteiger partial charge in [-0.25, -0.2) is 13.4 Å². The number of hydrogen-bond donors (Lipinski definition) is 3. The lowest BCUT2D eigenvalue weighted by Crippen LogP contribution is -2.13. The van der Waals surface area contributed by atoms with Crippen LogP contribution in [0.15, 0.2) is 59.5 Å². The van der Waals surface area contributed by atoms with Crippen molar-refractivity contribution >= 4 is 44.2 Å². The molecule has 2 aromatic carbocycles. The average Bonchev–Trinajstić information content (AvgIpc) is 3.02. The first kappa shape index (κ1) is 18.3. The number of halogens is 1. The largest absolute Gasteiger partial charge is 0.380 e. The third-order valence-corrected chi connectivity index (χ3v) is 5.91. The Kier molecular flexibility index (Phi) is 4.44. The van der Waals surface area contributed by atoms with Gasteiger partial charge in [-0.2, -0.15) is 5.10 Å². The Balaban J connectivity index is 1.66. The molecule has 0 atom stereocenters. The molecule has 2 heterocycles. The number of pyridine rings is 1. The van der Waals surface area contributed by atoms with Crippen LogP contribution in [0.5, 0.6) is 0 Å². The van der Waals surface area contributed by atoms with E-state index in [0.29, 0.717) is 22.0 Å². The Morgan fingerprint density at radius 2 is 1.93 bits per heavy atom. The molecule has 0 amide bonds. The molecule has 0 aliphatic carbocycles. The van der Waals surface area contributed by atoms with Crippen molar-refractivity contribution in [3.8, 4) is 11.3 Å². The fraction of sp³-hybridized carbons (Fsp3) is 0.0526. The molecular weight excluding hydrogens is 398 g/mol. The number of aryl methyl sites for hydroxylation is 1. The minimum absolute atomic E-state index is 0.101. The van der Waals surface area contributed by atoms with Gasteiger partial charge in [0.05, 0.1) is 16.1 Å². The van der Waals surface area contributed by atoms with Gasteiger partial charge in [-0.15, -0.1) is 0 Å². The van der Waals surface area contributed by atoms with Crippen molar-refractivity contribution < 1.29 is 8.42 Å². The van der Waals surface area contributed by atoms with Gasteiger partial charge in [0.15, 0.2) is 5.82 Å². The van der Waals surface area contributed by atoms with E-state index in [1.54, 1.807) is 24.3 Å². The molecule has 9 heteroatoms. The molecule has 0 fully saturated rings. The van der Waals surface area contributed by atoms with Crippen LogP contribution in [-0.2, 0) is 10.0 Å². The molecule has 0 aliphatic heterocycles. The maximum atomic E-state index is 12.6. The molecule has 7 nitrogen and oxygen atoms in total. The van der Waals surface area contributed by atoms with Crippen LogP contribution in [0.1, 0.15) is 5.56 Å². The summed E-state index contributed by atoms with van der Waals surface area (Å²) in [6.07, 6.45) is 0. The van der Waals surface area contributed by atoms with Crippen LogP contribution in [0.4, 0.5) is 11.5 Å². The van der Waals surface area contributed by atoms with Gasteiger partial charge in [0.2, 0.25) is 0 Å². The summed E-state index contributed by atoms with van der Waals surface area (Å²) >= 11 is 5.90. The average molecular weight is 414 g/mol. The number of aromatic amines is 1. The molecule has 142 valence electrons. The minimum Gasteiger partial charge on any atom is -0.380 e. The summed E-state index contributed by atoms with van der Waals surface area (Å²) < 4.78 is 27.7. The Labute approximate surface area is 166 Å². The number of fused-ring (bicyclic) bond motifs is 1. The van der Waals surface area contributed by atoms with Crippen molar-refractivity contribution in [2.45, 2.75) is 11.8 Å². The lowest BCUT2D eigenvalue weighted by molar-refractivity contribution is 0.601. The number of sulfonamides is 1. The van der Waals surface area contributed by atoms with Gasteiger partial charge >= 0.3 is 0 Å². The molecule has 0 aliphatic rings. The molecule has 0 unspecified atom stereocenters. The van der Waals surface area contributed by atoms with Gasteiger partial charge in [0, 0.05) is 16.3 Å². The zero-order valence-electron chi connectivity index (χ0n) is 14.8. The zero-order valence-corrected chi connectivity index (χ0v) is 16.3. The first-order valence-corrected chi connectivity index (χ1v) is 10.2. The summed E-state index contributed by atoms with van der Waals surface area (Å²) in [5.41, 5.74) is 10.1. The van der Waals surface area contributed by atoms with E-state index in [2.05, 4.69) is 19.9 Å². The maximum Gasteiger partial charge on any atom is 0.261 e. The highest BCUT2D eigenvalue weighted by Crippen LogP contribution is 2.28. The Bertz CT molecular complexity index is 1300. The number of anilines is 2. The number of nitrogens with zero attached hydrogens (tertiary/aromatic N) is 2. The van der Waals surface area contributed by atoms with Gasteiger partial charge in [-0.1, -0.05) is 23.7 Å². The van der Waals surface area contributed by atoms with Crippen molar-refractivity contribution in [3.05, 3.63) is 65.2 Å². The number of rotatable bonds is 4. The molecule has 0 bridgehead atoms. The van der Waals surface area contributed by atoms with Crippen LogP contribution in [0.2, 0.25) is 5.02 Å². The van der Waals surface area contributed by atoms with Crippen molar-refractivity contribution in [1.29, 1.82) is 0 Å². The van der Waals surface area contributed by atoms with Crippen molar-refractivity contribution in [2.75, 3.05) is 10.5 Å². The van der Waals surface area contributed by atoms with Crippen molar-refractivity contribution in [2.24, 2.45) is 0 Å². The van der Waals surface area contributed by atoms with E-state index in [9.17, 15) is 8.42 Å². The van der Waals surface area contributed by atoms with Gasteiger partial charge in [0.1, 0.15) is 5.52 Å². The molecule has 2 aromatic heterocycles. The van der Waals surface area contributed by atoms with Crippen LogP contribution in [0.25, 0.3) is 22.3 Å². The Morgan fingerprint density at radius 3 is 2.68 bits per heavy atom. The zero-order chi connectivity index (χ0) is 19.9. The second kappa shape index (κ2) is 6.81. The monoisotopic (exact) mass is 413 g/mol. The second-order valence-corrected chi connectivity index (χ2v) is 8.41. The summed E-state index contributed by atoms with van der Waals surface area (Å²) in [6, 6.07) is 15.1. The number of hydrogen-bond acceptors (Lipinski definition) is 5. The predicted octanol–water partition coefficient (Wildman–Crippen LogP) is 3.97. The van der Waals surface area contributed by atoms with Crippen molar-refractivity contribution in [1.82, 2.24) is 15.2 Å². The topological polar surface area (TPSA) is 114 Å². The highest BCUT2D eigenvalue weighted by Gasteiger charge is 2.15. The van der Waals surface area contributed by atoms with Gasteiger partial charge in [-0.05, 0) is 55.0 Å². The van der Waals surface area contributed by atoms with Crippen LogP contribution in [-0.4, -0.2) is 23.6 Å². The molecule has 0 radical (unpaired) electrons. The van der Waals surface area contributed by atoms with E-state index in [1.165, 1.54) is 12.1 Å². The molecule has 4 rings (SSSR count). The predicted molar refractivity (Wildman–Crippen MR) is 111 cm³/mol. The normalized spacial score (nSPS) is 11.6. The molecule has 0 saturated heterocycles. The summed E-state index contributed by atoms with van der Waals surface area (Å²) in [5, 5.41) is 7.11. The fourth-order valence-electron chi connectivity index (χ4n) is 2.93. The number of nitrogens with one attached hydrogen (secondary N) is 2. The van der Waals surface area contributed by atoms with Crippen LogP contribution in [0.3, 0.4) is 0 Å². The molecule has 0 spiro atoms. The van der Waals surface area contributed by atoms with Crippen LogP contribution >= 0.6 is 11.6 Å². The summed E-state index contributed by atoms with van der Waals surface area (Å²) in [5.74, 6) is 0.334. The quantitative estimate of drug-likeness (QED) is 0.468. The maximum absolute atomic E-state index is 12.6. The highest BCUT2D eigenvalue weighted by molar-refractivity contribution is 7.92. The highest BCUT2D eigenvalue weighted by atomic mass is 35.5. The lowest BCUT2D eigenvalue weighted by atomic mass is 10.0. The summed E-state index contributed by atoms with van der Waals surface area (Å²) in [6.45, 7) is 1.89. The third kappa shape index (κ3) is 3.39. The lowest BCUT2D eigenvalue weighted by Gasteiger charge is -2.11. The number of aromatic nitrogens is 3. The fourth-order valence-corrected chi connectivity index (χ4v) is 4.28. The second-order valence-electron chi connectivity index (χ2n) is 6.29. The molecule has 0 saturated carbocycles. The number of nitrogen functional groups attached to an aromatic ring is 1. The summed E-state index contributed by atoms with van der Waals surface area (Å²) in [7, 11) is -3.74. The van der Waals surface area contributed by atoms with E-state index in [-0.39, 0.29) is 4.90 Å². The van der Waals surface area contributed by atoms with Gasteiger partial charge < -0.3 is 5.73 Å². The van der Waals surface area contributed by atoms with Gasteiger partial charge in [-0.3, -0.25) is 9.82 Å². The number of H-pyrrole nitrogens is 1. The van der Waals surface area contributed by atoms with E-state index in [0.717, 1.165) is 22.3 Å². The van der Waals surface area contributed by atoms with Gasteiger partial charge in [0.25, 0.3) is 10.0 Å². The number of benzene rings is 2. The molecule has 4 N–H and O–H groups in total. The first-order valence-electron chi connectivity index (χ1n) is 8.33. The SMILES string of the molecule is Cc1cc(NS(=O)(=O)c2cccc(Cl)c2)ccc1-c1ccc2[nH]nc(N)c2n1. The minimum atomic E-state index is -3.74. The molecule has 28 heavy (non-hydrogen) atoms. The smallest absolute Gasteiger partial charge is 0.261 e. The van der Waals surface area contributed by atoms with E-state index in [1.807, 2.05) is 25.1 Å². The number of nitrogens with two attached hydrogens (primary N) is 1. The van der Waals surface area contributed by atoms with E-state index >= 15 is 0 Å². The van der Waals surface area contributed by atoms with E-state index < -0.39 is 10.0 Å². The first-order chi connectivity index (χ1) is 13.3. The van der Waals surface area contributed by atoms with Crippen LogP contribution in [0, 0.1) is 6.92 Å². The third-order valence-electron chi connectivity index (χ3n) is 4.30. The molecule has 4 aromatic rings. The molecular formula is C19H16ClN5O2S. The van der Waals surface area contributed by atoms with Crippen LogP contribution < -0.4 is 10.5 Å².